The van der Waals surface area contributed by atoms with E-state index in [0.29, 0.717) is 0 Å². The predicted molar refractivity (Wildman–Crippen MR) is 95.2 cm³/mol. The smallest absolute Gasteiger partial charge is 0.327 e. The van der Waals surface area contributed by atoms with Crippen molar-refractivity contribution < 1.29 is 15.0 Å². The largest absolute Gasteiger partial charge is 0.478 e. The van der Waals surface area contributed by atoms with E-state index in [2.05, 4.69) is 20.4 Å². The lowest BCUT2D eigenvalue weighted by molar-refractivity contribution is -0.131. The van der Waals surface area contributed by atoms with Crippen LogP contribution in [0.3, 0.4) is 0 Å². The maximum Gasteiger partial charge on any atom is 0.327 e. The van der Waals surface area contributed by atoms with E-state index in [-0.39, 0.29) is 6.10 Å². The van der Waals surface area contributed by atoms with Crippen molar-refractivity contribution in [3.8, 4) is 0 Å². The average Bonchev–Trinajstić information content (AvgIpc) is 2.51. The monoisotopic (exact) mass is 314 g/mol. The molecule has 3 nitrogen and oxygen atoms in total. The normalized spacial score (nSPS) is 11.4. The van der Waals surface area contributed by atoms with Gasteiger partial charge in [-0.05, 0) is 12.8 Å². The minimum atomic E-state index is -0.981. The first-order valence-corrected chi connectivity index (χ1v) is 9.11. The van der Waals surface area contributed by atoms with Gasteiger partial charge in [0, 0.05) is 6.08 Å². The van der Waals surface area contributed by atoms with Crippen LogP contribution in [0.5, 0.6) is 0 Å². The molecule has 0 amide bonds. The molecule has 0 fully saturated rings. The fourth-order valence-electron chi connectivity index (χ4n) is 2.29. The molecular weight excluding hydrogens is 276 g/mol. The molecule has 0 heterocycles. The molecule has 1 atom stereocenters. The zero-order chi connectivity index (χ0) is 17.1. The van der Waals surface area contributed by atoms with Crippen molar-refractivity contribution in [2.45, 2.75) is 103 Å². The van der Waals surface area contributed by atoms with Crippen LogP contribution in [-0.2, 0) is 4.79 Å². The van der Waals surface area contributed by atoms with Crippen LogP contribution in [0.2, 0.25) is 0 Å². The Morgan fingerprint density at radius 3 is 1.55 bits per heavy atom. The lowest BCUT2D eigenvalue weighted by atomic mass is 10.0. The Morgan fingerprint density at radius 2 is 1.18 bits per heavy atom. The molecule has 1 unspecified atom stereocenters. The zero-order valence-electron chi connectivity index (χ0n) is 14.9. The van der Waals surface area contributed by atoms with E-state index in [1.165, 1.54) is 70.6 Å². The highest BCUT2D eigenvalue weighted by atomic mass is 16.4. The molecule has 3 heteroatoms. The summed E-state index contributed by atoms with van der Waals surface area (Å²) in [5.41, 5.74) is 0. The summed E-state index contributed by atoms with van der Waals surface area (Å²) < 4.78 is 0. The molecule has 22 heavy (non-hydrogen) atoms. The zero-order valence-corrected chi connectivity index (χ0v) is 14.9. The van der Waals surface area contributed by atoms with Crippen molar-refractivity contribution in [2.75, 3.05) is 0 Å². The van der Waals surface area contributed by atoms with Gasteiger partial charge in [0.15, 0.2) is 0 Å². The molecule has 0 radical (unpaired) electrons. The maximum atomic E-state index is 9.79. The summed E-state index contributed by atoms with van der Waals surface area (Å²) in [5.74, 6) is -0.981. The number of unbranched alkanes of at least 4 members (excludes halogenated alkanes) is 9. The van der Waals surface area contributed by atoms with Gasteiger partial charge in [-0.3, -0.25) is 0 Å². The van der Waals surface area contributed by atoms with Crippen LogP contribution in [0, 0.1) is 0 Å². The van der Waals surface area contributed by atoms with Crippen LogP contribution in [0.4, 0.5) is 0 Å². The van der Waals surface area contributed by atoms with Gasteiger partial charge >= 0.3 is 5.97 Å². The molecular formula is C19H38O3. The van der Waals surface area contributed by atoms with E-state index in [1.54, 1.807) is 0 Å². The third kappa shape index (κ3) is 24.2. The lowest BCUT2D eigenvalue weighted by Crippen LogP contribution is -2.05. The highest BCUT2D eigenvalue weighted by molar-refractivity contribution is 5.78. The minimum Gasteiger partial charge on any atom is -0.478 e. The summed E-state index contributed by atoms with van der Waals surface area (Å²) in [6, 6.07) is 0. The van der Waals surface area contributed by atoms with E-state index < -0.39 is 5.97 Å². The van der Waals surface area contributed by atoms with Crippen LogP contribution in [0.15, 0.2) is 12.7 Å². The highest BCUT2D eigenvalue weighted by Crippen LogP contribution is 2.13. The van der Waals surface area contributed by atoms with Gasteiger partial charge in [-0.25, -0.2) is 4.79 Å². The number of hydrogen-bond donors (Lipinski definition) is 2. The molecule has 0 saturated carbocycles. The Labute approximate surface area is 137 Å². The van der Waals surface area contributed by atoms with Crippen molar-refractivity contribution in [2.24, 2.45) is 0 Å². The Kier molecular flexibility index (Phi) is 21.5. The quantitative estimate of drug-likeness (QED) is 0.318. The van der Waals surface area contributed by atoms with Gasteiger partial charge in [0.1, 0.15) is 0 Å². The van der Waals surface area contributed by atoms with Gasteiger partial charge in [-0.15, -0.1) is 0 Å². The molecule has 0 aliphatic rings. The van der Waals surface area contributed by atoms with Gasteiger partial charge in [0.05, 0.1) is 6.10 Å². The molecule has 0 rings (SSSR count). The van der Waals surface area contributed by atoms with Crippen LogP contribution in [-0.4, -0.2) is 22.3 Å². The second kappa shape index (κ2) is 20.2. The van der Waals surface area contributed by atoms with Gasteiger partial charge < -0.3 is 10.2 Å². The number of rotatable bonds is 14. The number of aliphatic hydroxyl groups is 1. The number of aliphatic carboxylic acids is 1. The van der Waals surface area contributed by atoms with Crippen LogP contribution in [0.1, 0.15) is 97.3 Å². The standard InChI is InChI=1S/C16H34O.C3H4O2/c1-3-5-7-9-10-11-13-15-16(17)14-12-8-6-4-2;1-2-3(4)5/h16-17H,3-15H2,1-2H3;2H,1H2,(H,4,5). The summed E-state index contributed by atoms with van der Waals surface area (Å²) >= 11 is 0. The van der Waals surface area contributed by atoms with Gasteiger partial charge in [-0.1, -0.05) is 91.1 Å². The summed E-state index contributed by atoms with van der Waals surface area (Å²) in [6.45, 7) is 7.45. The summed E-state index contributed by atoms with van der Waals surface area (Å²) in [4.78, 5) is 9.25. The second-order valence-corrected chi connectivity index (χ2v) is 5.96. The third-order valence-corrected chi connectivity index (χ3v) is 3.71. The first kappa shape index (κ1) is 23.4. The fraction of sp³-hybridized carbons (Fsp3) is 0.842. The first-order chi connectivity index (χ1) is 10.6. The fourth-order valence-corrected chi connectivity index (χ4v) is 2.29. The van der Waals surface area contributed by atoms with Crippen molar-refractivity contribution in [3.05, 3.63) is 12.7 Å². The summed E-state index contributed by atoms with van der Waals surface area (Å²) in [5, 5.41) is 17.4. The summed E-state index contributed by atoms with van der Waals surface area (Å²) in [6.07, 6.45) is 17.4. The number of aliphatic hydroxyl groups excluding tert-OH is 1. The Bertz CT molecular complexity index is 239. The lowest BCUT2D eigenvalue weighted by Gasteiger charge is -2.09. The Balaban J connectivity index is 0. The van der Waals surface area contributed by atoms with Crippen molar-refractivity contribution in [1.29, 1.82) is 0 Å². The van der Waals surface area contributed by atoms with Gasteiger partial charge in [-0.2, -0.15) is 0 Å². The first-order valence-electron chi connectivity index (χ1n) is 9.11. The molecule has 0 aromatic carbocycles. The summed E-state index contributed by atoms with van der Waals surface area (Å²) in [7, 11) is 0. The molecule has 0 aromatic rings. The predicted octanol–water partition coefficient (Wildman–Crippen LogP) is 5.72. The van der Waals surface area contributed by atoms with Crippen LogP contribution < -0.4 is 0 Å². The molecule has 0 aliphatic heterocycles. The molecule has 2 N–H and O–H groups in total. The molecule has 0 saturated heterocycles. The van der Waals surface area contributed by atoms with Crippen LogP contribution >= 0.6 is 0 Å². The SMILES string of the molecule is C=CC(=O)O.CCCCCCCCCC(O)CCCCCC. The molecule has 0 aromatic heterocycles. The molecule has 0 aliphatic carbocycles. The van der Waals surface area contributed by atoms with E-state index >= 15 is 0 Å². The van der Waals surface area contributed by atoms with Crippen LogP contribution in [0.25, 0.3) is 0 Å². The number of carboxylic acids is 1. The number of carbonyl (C=O) groups is 1. The third-order valence-electron chi connectivity index (χ3n) is 3.71. The van der Waals surface area contributed by atoms with Gasteiger partial charge in [0.2, 0.25) is 0 Å². The van der Waals surface area contributed by atoms with E-state index in [4.69, 9.17) is 5.11 Å². The number of hydrogen-bond acceptors (Lipinski definition) is 2. The maximum absolute atomic E-state index is 9.79. The average molecular weight is 315 g/mol. The topological polar surface area (TPSA) is 57.5 Å². The van der Waals surface area contributed by atoms with E-state index in [1.807, 2.05) is 0 Å². The van der Waals surface area contributed by atoms with E-state index in [9.17, 15) is 9.90 Å². The van der Waals surface area contributed by atoms with E-state index in [0.717, 1.165) is 18.9 Å². The van der Waals surface area contributed by atoms with Crippen molar-refractivity contribution >= 4 is 5.97 Å². The molecule has 0 spiro atoms. The van der Waals surface area contributed by atoms with Gasteiger partial charge in [0.25, 0.3) is 0 Å². The highest BCUT2D eigenvalue weighted by Gasteiger charge is 2.03. The Morgan fingerprint density at radius 1 is 0.864 bits per heavy atom. The minimum absolute atomic E-state index is 0.0255. The second-order valence-electron chi connectivity index (χ2n) is 5.96. The Hall–Kier alpha value is -0.830. The molecule has 0 bridgehead atoms. The number of carboxylic acid groups (broad SMARTS) is 1. The van der Waals surface area contributed by atoms with Crippen molar-refractivity contribution in [1.82, 2.24) is 0 Å². The van der Waals surface area contributed by atoms with Crippen molar-refractivity contribution in [3.63, 3.8) is 0 Å². The molecule has 132 valence electrons.